The van der Waals surface area contributed by atoms with E-state index in [1.165, 1.54) is 0 Å². The Morgan fingerprint density at radius 2 is 2.17 bits per heavy atom. The third-order valence-electron chi connectivity index (χ3n) is 6.28. The average molecular weight is 399 g/mol. The minimum absolute atomic E-state index is 0.0283. The van der Waals surface area contributed by atoms with E-state index in [9.17, 15) is 9.90 Å². The van der Waals surface area contributed by atoms with Gasteiger partial charge in [0.15, 0.2) is 0 Å². The molecule has 0 bridgehead atoms. The second-order valence-electron chi connectivity index (χ2n) is 8.65. The van der Waals surface area contributed by atoms with Gasteiger partial charge in [-0.3, -0.25) is 19.4 Å². The van der Waals surface area contributed by atoms with E-state index >= 15 is 0 Å². The average Bonchev–Trinajstić information content (AvgIpc) is 3.13. The summed E-state index contributed by atoms with van der Waals surface area (Å²) in [5, 5.41) is 18.7. The highest BCUT2D eigenvalue weighted by Gasteiger charge is 2.42. The van der Waals surface area contributed by atoms with Gasteiger partial charge in [0.1, 0.15) is 0 Å². The Morgan fingerprint density at radius 3 is 2.86 bits per heavy atom. The number of aromatic nitrogens is 4. The molecular weight excluding hydrogens is 368 g/mol. The van der Waals surface area contributed by atoms with Gasteiger partial charge in [-0.2, -0.15) is 0 Å². The van der Waals surface area contributed by atoms with Gasteiger partial charge in [0.25, 0.3) is 0 Å². The van der Waals surface area contributed by atoms with Crippen molar-refractivity contribution in [2.75, 3.05) is 26.2 Å². The molecule has 156 valence electrons. The molecule has 1 spiro atoms. The van der Waals surface area contributed by atoms with E-state index < -0.39 is 6.10 Å². The number of nitrogens with zero attached hydrogens (tertiary/aromatic N) is 6. The van der Waals surface area contributed by atoms with Crippen molar-refractivity contribution >= 4 is 5.91 Å². The summed E-state index contributed by atoms with van der Waals surface area (Å²) in [5.74, 6) is 0.133. The van der Waals surface area contributed by atoms with E-state index in [0.29, 0.717) is 19.4 Å². The molecule has 1 atom stereocenters. The molecule has 8 nitrogen and oxygen atoms in total. The predicted octanol–water partition coefficient (Wildman–Crippen LogP) is 1.02. The lowest BCUT2D eigenvalue weighted by Gasteiger charge is -2.49. The summed E-state index contributed by atoms with van der Waals surface area (Å²) in [4.78, 5) is 21.2. The molecule has 2 saturated heterocycles. The molecule has 1 unspecified atom stereocenters. The molecule has 0 saturated carbocycles. The SMILES string of the molecule is Cn1cc(CN2CCC3(CC2)CC(O)CN(C(=O)CCc2cccnc2)C3)nn1. The van der Waals surface area contributed by atoms with Gasteiger partial charge in [0.05, 0.1) is 11.8 Å². The van der Waals surface area contributed by atoms with Crippen LogP contribution in [-0.4, -0.2) is 73.1 Å². The zero-order valence-corrected chi connectivity index (χ0v) is 17.1. The number of hydrogen-bond donors (Lipinski definition) is 1. The molecule has 2 aliphatic heterocycles. The van der Waals surface area contributed by atoms with E-state index in [4.69, 9.17) is 0 Å². The summed E-state index contributed by atoms with van der Waals surface area (Å²) in [6.45, 7) is 3.94. The van der Waals surface area contributed by atoms with E-state index in [0.717, 1.165) is 56.7 Å². The number of amides is 1. The summed E-state index contributed by atoms with van der Waals surface area (Å²) in [6.07, 6.45) is 9.02. The molecule has 1 N–H and O–H groups in total. The first-order chi connectivity index (χ1) is 14.0. The van der Waals surface area contributed by atoms with Crippen molar-refractivity contribution < 1.29 is 9.90 Å². The Balaban J connectivity index is 1.32. The number of β-amino-alcohol motifs (C(OH)–C–C–N with tert-alkyl or cyclic N) is 1. The van der Waals surface area contributed by atoms with Crippen molar-refractivity contribution in [3.05, 3.63) is 42.0 Å². The van der Waals surface area contributed by atoms with Crippen LogP contribution in [0.2, 0.25) is 0 Å². The number of hydrogen-bond acceptors (Lipinski definition) is 6. The number of pyridine rings is 1. The maximum Gasteiger partial charge on any atom is 0.223 e. The number of rotatable bonds is 5. The van der Waals surface area contributed by atoms with E-state index in [1.54, 1.807) is 10.9 Å². The van der Waals surface area contributed by atoms with Crippen molar-refractivity contribution in [3.8, 4) is 0 Å². The summed E-state index contributed by atoms with van der Waals surface area (Å²) in [5.41, 5.74) is 2.09. The minimum Gasteiger partial charge on any atom is -0.391 e. The van der Waals surface area contributed by atoms with Crippen LogP contribution in [0.5, 0.6) is 0 Å². The first kappa shape index (κ1) is 20.0. The third kappa shape index (κ3) is 5.00. The van der Waals surface area contributed by atoms with Crippen molar-refractivity contribution in [1.29, 1.82) is 0 Å². The first-order valence-corrected chi connectivity index (χ1v) is 10.4. The Bertz CT molecular complexity index is 816. The minimum atomic E-state index is -0.433. The highest BCUT2D eigenvalue weighted by Crippen LogP contribution is 2.40. The number of aryl methyl sites for hydroxylation is 2. The summed E-state index contributed by atoms with van der Waals surface area (Å²) in [6, 6.07) is 3.90. The van der Waals surface area contributed by atoms with Crippen molar-refractivity contribution in [2.24, 2.45) is 12.5 Å². The number of carbonyl (C=O) groups is 1. The van der Waals surface area contributed by atoms with Gasteiger partial charge in [-0.1, -0.05) is 11.3 Å². The van der Waals surface area contributed by atoms with Gasteiger partial charge in [-0.15, -0.1) is 5.10 Å². The number of carbonyl (C=O) groups excluding carboxylic acids is 1. The van der Waals surface area contributed by atoms with Crippen LogP contribution >= 0.6 is 0 Å². The molecule has 4 rings (SSSR count). The van der Waals surface area contributed by atoms with E-state index in [-0.39, 0.29) is 11.3 Å². The second kappa shape index (κ2) is 8.59. The molecule has 8 heteroatoms. The maximum absolute atomic E-state index is 12.8. The zero-order valence-electron chi connectivity index (χ0n) is 17.1. The Labute approximate surface area is 171 Å². The van der Waals surface area contributed by atoms with Crippen LogP contribution in [0, 0.1) is 5.41 Å². The number of aliphatic hydroxyl groups excluding tert-OH is 1. The molecule has 1 amide bonds. The molecule has 0 aliphatic carbocycles. The monoisotopic (exact) mass is 398 g/mol. The molecule has 29 heavy (non-hydrogen) atoms. The van der Waals surface area contributed by atoms with Gasteiger partial charge in [-0.05, 0) is 55.8 Å². The number of aliphatic hydroxyl groups is 1. The molecule has 2 fully saturated rings. The van der Waals surface area contributed by atoms with Crippen LogP contribution in [0.15, 0.2) is 30.7 Å². The smallest absolute Gasteiger partial charge is 0.223 e. The molecule has 2 aromatic heterocycles. The predicted molar refractivity (Wildman–Crippen MR) is 108 cm³/mol. The van der Waals surface area contributed by atoms with Crippen molar-refractivity contribution in [2.45, 2.75) is 44.8 Å². The standard InChI is InChI=1S/C21H30N6O2/c1-25-13-18(23-24-25)14-26-9-6-21(7-10-26)11-19(28)15-27(16-21)20(29)5-4-17-3-2-8-22-12-17/h2-3,8,12-13,19,28H,4-7,9-11,14-16H2,1H3. The van der Waals surface area contributed by atoms with Crippen LogP contribution in [0.4, 0.5) is 0 Å². The van der Waals surface area contributed by atoms with E-state index in [1.807, 2.05) is 36.5 Å². The molecular formula is C21H30N6O2. The third-order valence-corrected chi connectivity index (χ3v) is 6.28. The molecule has 0 radical (unpaired) electrons. The normalized spacial score (nSPS) is 22.1. The Kier molecular flexibility index (Phi) is 5.91. The van der Waals surface area contributed by atoms with Gasteiger partial charge < -0.3 is 10.0 Å². The van der Waals surface area contributed by atoms with Crippen LogP contribution in [0.1, 0.15) is 36.9 Å². The second-order valence-corrected chi connectivity index (χ2v) is 8.65. The Morgan fingerprint density at radius 1 is 1.34 bits per heavy atom. The Hall–Kier alpha value is -2.32. The summed E-state index contributed by atoms with van der Waals surface area (Å²) in [7, 11) is 1.88. The number of likely N-dealkylation sites (tertiary alicyclic amines) is 2. The summed E-state index contributed by atoms with van der Waals surface area (Å²) < 4.78 is 1.73. The van der Waals surface area contributed by atoms with Crippen LogP contribution < -0.4 is 0 Å². The van der Waals surface area contributed by atoms with Crippen molar-refractivity contribution in [3.63, 3.8) is 0 Å². The van der Waals surface area contributed by atoms with Gasteiger partial charge >= 0.3 is 0 Å². The van der Waals surface area contributed by atoms with Gasteiger partial charge in [0, 0.05) is 51.7 Å². The fraction of sp³-hybridized carbons (Fsp3) is 0.619. The molecule has 2 aromatic rings. The fourth-order valence-electron chi connectivity index (χ4n) is 4.74. The van der Waals surface area contributed by atoms with Crippen molar-refractivity contribution in [1.82, 2.24) is 29.8 Å². The maximum atomic E-state index is 12.8. The van der Waals surface area contributed by atoms with Gasteiger partial charge in [-0.25, -0.2) is 0 Å². The topological polar surface area (TPSA) is 87.4 Å². The molecule has 0 aromatic carbocycles. The summed E-state index contributed by atoms with van der Waals surface area (Å²) >= 11 is 0. The highest BCUT2D eigenvalue weighted by atomic mass is 16.3. The van der Waals surface area contributed by atoms with E-state index in [2.05, 4.69) is 20.2 Å². The number of piperidine rings is 2. The highest BCUT2D eigenvalue weighted by molar-refractivity contribution is 5.76. The van der Waals surface area contributed by atoms with Gasteiger partial charge in [0.2, 0.25) is 5.91 Å². The lowest BCUT2D eigenvalue weighted by molar-refractivity contribution is -0.140. The first-order valence-electron chi connectivity index (χ1n) is 10.4. The van der Waals surface area contributed by atoms with Crippen LogP contribution in [-0.2, 0) is 24.8 Å². The lowest BCUT2D eigenvalue weighted by atomic mass is 9.71. The lowest BCUT2D eigenvalue weighted by Crippen LogP contribution is -2.55. The quantitative estimate of drug-likeness (QED) is 0.809. The zero-order chi connectivity index (χ0) is 20.3. The fourth-order valence-corrected chi connectivity index (χ4v) is 4.74. The molecule has 4 heterocycles. The van der Waals surface area contributed by atoms with Crippen LogP contribution in [0.3, 0.4) is 0 Å². The largest absolute Gasteiger partial charge is 0.391 e. The van der Waals surface area contributed by atoms with Crippen LogP contribution in [0.25, 0.3) is 0 Å². The molecule has 2 aliphatic rings.